The zero-order valence-electron chi connectivity index (χ0n) is 17.5. The highest BCUT2D eigenvalue weighted by molar-refractivity contribution is 7.99. The average molecular weight is 430 g/mol. The lowest BCUT2D eigenvalue weighted by molar-refractivity contribution is -0.0128. The van der Waals surface area contributed by atoms with Crippen LogP contribution in [0.3, 0.4) is 0 Å². The Labute approximate surface area is 183 Å². The maximum atomic E-state index is 12.8. The molecule has 0 saturated carbocycles. The summed E-state index contributed by atoms with van der Waals surface area (Å²) in [4.78, 5) is 19.7. The molecule has 7 nitrogen and oxygen atoms in total. The third kappa shape index (κ3) is 5.09. The molecular weight excluding hydrogens is 398 g/mol. The van der Waals surface area contributed by atoms with E-state index in [2.05, 4.69) is 21.2 Å². The van der Waals surface area contributed by atoms with Gasteiger partial charge in [-0.2, -0.15) is 17.0 Å². The van der Waals surface area contributed by atoms with E-state index in [4.69, 9.17) is 10.00 Å². The van der Waals surface area contributed by atoms with Crippen LogP contribution in [0.25, 0.3) is 0 Å². The van der Waals surface area contributed by atoms with E-state index in [0.717, 1.165) is 77.7 Å². The van der Waals surface area contributed by atoms with Gasteiger partial charge in [0.15, 0.2) is 0 Å². The van der Waals surface area contributed by atoms with Crippen LogP contribution in [0.15, 0.2) is 24.3 Å². The first-order valence-corrected chi connectivity index (χ1v) is 12.0. The minimum Gasteiger partial charge on any atom is -0.379 e. The van der Waals surface area contributed by atoms with Gasteiger partial charge in [0.25, 0.3) is 0 Å². The van der Waals surface area contributed by atoms with Gasteiger partial charge in [-0.05, 0) is 29.9 Å². The number of ether oxygens (including phenoxy) is 1. The molecular formula is C22H31N5O2S. The smallest absolute Gasteiger partial charge is 0.317 e. The molecule has 0 radical (unpaired) electrons. The largest absolute Gasteiger partial charge is 0.379 e. The number of carbonyl (C=O) groups is 1. The summed E-state index contributed by atoms with van der Waals surface area (Å²) in [6.45, 7) is 8.35. The molecule has 162 valence electrons. The van der Waals surface area contributed by atoms with Crippen molar-refractivity contribution in [2.24, 2.45) is 0 Å². The molecule has 1 aromatic carbocycles. The number of carbonyl (C=O) groups excluding carboxylic acids is 1. The summed E-state index contributed by atoms with van der Waals surface area (Å²) >= 11 is 1.99. The van der Waals surface area contributed by atoms with E-state index in [9.17, 15) is 4.79 Å². The standard InChI is InChI=1S/C22H31N5O2S/c23-15-19-1-3-20(4-2-19)16-25-6-8-26(9-7-25)21(28)24-17-22(5-14-30-18-22)27-10-12-29-13-11-27/h1-4H,5-14,16-18H2,(H,24,28). The van der Waals surface area contributed by atoms with Crippen LogP contribution < -0.4 is 5.32 Å². The highest BCUT2D eigenvalue weighted by atomic mass is 32.2. The SMILES string of the molecule is N#Cc1ccc(CN2CCN(C(=O)NCC3(N4CCOCC4)CCSC3)CC2)cc1. The number of morpholine rings is 1. The van der Waals surface area contributed by atoms with E-state index in [-0.39, 0.29) is 11.6 Å². The number of urea groups is 1. The topological polar surface area (TPSA) is 71.8 Å². The van der Waals surface area contributed by atoms with Crippen molar-refractivity contribution in [2.45, 2.75) is 18.5 Å². The fraction of sp³-hybridized carbons (Fsp3) is 0.636. The van der Waals surface area contributed by atoms with Gasteiger partial charge in [0.05, 0.1) is 24.8 Å². The molecule has 8 heteroatoms. The van der Waals surface area contributed by atoms with E-state index < -0.39 is 0 Å². The van der Waals surface area contributed by atoms with E-state index >= 15 is 0 Å². The molecule has 1 aromatic rings. The molecule has 0 bridgehead atoms. The Morgan fingerprint density at radius 1 is 1.13 bits per heavy atom. The Morgan fingerprint density at radius 2 is 1.87 bits per heavy atom. The molecule has 1 unspecified atom stereocenters. The number of thioether (sulfide) groups is 1. The molecule has 3 aliphatic rings. The van der Waals surface area contributed by atoms with Crippen molar-refractivity contribution in [3.8, 4) is 6.07 Å². The van der Waals surface area contributed by atoms with Crippen molar-refractivity contribution >= 4 is 17.8 Å². The minimum atomic E-state index is 0.0672. The van der Waals surface area contributed by atoms with Crippen molar-refractivity contribution < 1.29 is 9.53 Å². The number of benzene rings is 1. The number of piperazine rings is 1. The van der Waals surface area contributed by atoms with Gasteiger partial charge in [0.2, 0.25) is 0 Å². The Morgan fingerprint density at radius 3 is 2.50 bits per heavy atom. The Kier molecular flexibility index (Phi) is 7.16. The summed E-state index contributed by atoms with van der Waals surface area (Å²) in [5.41, 5.74) is 1.98. The van der Waals surface area contributed by atoms with E-state index in [1.807, 2.05) is 40.9 Å². The lowest BCUT2D eigenvalue weighted by Crippen LogP contribution is -2.61. The van der Waals surface area contributed by atoms with Gasteiger partial charge in [0.1, 0.15) is 0 Å². The van der Waals surface area contributed by atoms with Gasteiger partial charge < -0.3 is 15.0 Å². The molecule has 30 heavy (non-hydrogen) atoms. The second-order valence-corrected chi connectivity index (χ2v) is 9.46. The Bertz CT molecular complexity index is 746. The molecule has 4 rings (SSSR count). The first-order chi connectivity index (χ1) is 14.7. The summed E-state index contributed by atoms with van der Waals surface area (Å²) in [5, 5.41) is 12.2. The fourth-order valence-corrected chi connectivity index (χ4v) is 6.02. The summed E-state index contributed by atoms with van der Waals surface area (Å²) < 4.78 is 5.53. The van der Waals surface area contributed by atoms with Gasteiger partial charge in [-0.1, -0.05) is 12.1 Å². The van der Waals surface area contributed by atoms with Crippen molar-refractivity contribution in [2.75, 3.05) is 70.5 Å². The van der Waals surface area contributed by atoms with Gasteiger partial charge in [-0.3, -0.25) is 9.80 Å². The van der Waals surface area contributed by atoms with Crippen molar-refractivity contribution in [1.82, 2.24) is 20.0 Å². The first-order valence-electron chi connectivity index (χ1n) is 10.8. The Hall–Kier alpha value is -1.79. The minimum absolute atomic E-state index is 0.0672. The van der Waals surface area contributed by atoms with Crippen molar-refractivity contribution in [3.05, 3.63) is 35.4 Å². The predicted octanol–water partition coefficient (Wildman–Crippen LogP) is 1.59. The summed E-state index contributed by atoms with van der Waals surface area (Å²) in [7, 11) is 0. The van der Waals surface area contributed by atoms with Crippen molar-refractivity contribution in [1.29, 1.82) is 5.26 Å². The third-order valence-corrected chi connectivity index (χ3v) is 7.72. The van der Waals surface area contributed by atoms with Crippen LogP contribution in [-0.4, -0.2) is 96.8 Å². The molecule has 3 heterocycles. The molecule has 1 atom stereocenters. The van der Waals surface area contributed by atoms with Gasteiger partial charge >= 0.3 is 6.03 Å². The van der Waals surface area contributed by atoms with E-state index in [1.54, 1.807) is 0 Å². The highest BCUT2D eigenvalue weighted by Gasteiger charge is 2.41. The van der Waals surface area contributed by atoms with Crippen LogP contribution in [0.1, 0.15) is 17.5 Å². The maximum Gasteiger partial charge on any atom is 0.317 e. The summed E-state index contributed by atoms with van der Waals surface area (Å²) in [5.74, 6) is 2.26. The summed E-state index contributed by atoms with van der Waals surface area (Å²) in [6, 6.07) is 9.99. The van der Waals surface area contributed by atoms with Gasteiger partial charge in [0, 0.05) is 63.6 Å². The van der Waals surface area contributed by atoms with E-state index in [0.29, 0.717) is 5.56 Å². The Balaban J connectivity index is 1.24. The normalized spacial score (nSPS) is 25.8. The maximum absolute atomic E-state index is 12.8. The molecule has 0 aliphatic carbocycles. The van der Waals surface area contributed by atoms with Crippen LogP contribution in [-0.2, 0) is 11.3 Å². The molecule has 0 aromatic heterocycles. The van der Waals surface area contributed by atoms with Gasteiger partial charge in [-0.25, -0.2) is 4.79 Å². The van der Waals surface area contributed by atoms with Crippen molar-refractivity contribution in [3.63, 3.8) is 0 Å². The first kappa shape index (κ1) is 21.4. The highest BCUT2D eigenvalue weighted by Crippen LogP contribution is 2.33. The quantitative estimate of drug-likeness (QED) is 0.767. The number of nitrogens with zero attached hydrogens (tertiary/aromatic N) is 4. The van der Waals surface area contributed by atoms with Gasteiger partial charge in [-0.15, -0.1) is 0 Å². The monoisotopic (exact) mass is 429 g/mol. The average Bonchev–Trinajstić information content (AvgIpc) is 3.29. The molecule has 0 spiro atoms. The number of nitrogens with one attached hydrogen (secondary N) is 1. The van der Waals surface area contributed by atoms with Crippen LogP contribution in [0.4, 0.5) is 4.79 Å². The number of nitriles is 1. The zero-order valence-corrected chi connectivity index (χ0v) is 18.3. The van der Waals surface area contributed by atoms with Crippen LogP contribution >= 0.6 is 11.8 Å². The van der Waals surface area contributed by atoms with E-state index in [1.165, 1.54) is 11.3 Å². The lowest BCUT2D eigenvalue weighted by Gasteiger charge is -2.43. The second-order valence-electron chi connectivity index (χ2n) is 8.36. The fourth-order valence-electron chi connectivity index (χ4n) is 4.54. The number of hydrogen-bond acceptors (Lipinski definition) is 6. The second kappa shape index (κ2) is 10.0. The number of amides is 2. The van der Waals surface area contributed by atoms with Crippen LogP contribution in [0, 0.1) is 11.3 Å². The molecule has 3 fully saturated rings. The molecule has 3 aliphatic heterocycles. The predicted molar refractivity (Wildman–Crippen MR) is 118 cm³/mol. The number of rotatable bonds is 5. The third-order valence-electron chi connectivity index (χ3n) is 6.48. The molecule has 1 N–H and O–H groups in total. The number of hydrogen-bond donors (Lipinski definition) is 1. The lowest BCUT2D eigenvalue weighted by atomic mass is 9.95. The summed E-state index contributed by atoms with van der Waals surface area (Å²) in [6.07, 6.45) is 1.14. The molecule has 3 saturated heterocycles. The zero-order chi connectivity index (χ0) is 20.8. The van der Waals surface area contributed by atoms with Crippen LogP contribution in [0.5, 0.6) is 0 Å². The van der Waals surface area contributed by atoms with Crippen LogP contribution in [0.2, 0.25) is 0 Å². The molecule has 2 amide bonds.